The van der Waals surface area contributed by atoms with Crippen molar-refractivity contribution in [2.24, 2.45) is 46.3 Å². The third-order valence-corrected chi connectivity index (χ3v) is 11.1. The van der Waals surface area contributed by atoms with Gasteiger partial charge in [0, 0.05) is 13.0 Å². The predicted molar refractivity (Wildman–Crippen MR) is 144 cm³/mol. The van der Waals surface area contributed by atoms with Crippen molar-refractivity contribution < 1.29 is 19.4 Å². The number of allylic oxidation sites excluding steroid dienone is 1. The number of amides is 1. The summed E-state index contributed by atoms with van der Waals surface area (Å²) in [4.78, 5) is 22.8. The Kier molecular flexibility index (Phi) is 8.46. The van der Waals surface area contributed by atoms with Gasteiger partial charge in [0.15, 0.2) is 0 Å². The highest BCUT2D eigenvalue weighted by molar-refractivity contribution is 5.70. The van der Waals surface area contributed by atoms with Crippen molar-refractivity contribution in [1.82, 2.24) is 5.32 Å². The molecule has 0 radical (unpaired) electrons. The number of nitrogens with one attached hydrogen (secondary N) is 1. The fourth-order valence-electron chi connectivity index (χ4n) is 9.22. The van der Waals surface area contributed by atoms with E-state index in [4.69, 9.17) is 9.84 Å². The topological polar surface area (TPSA) is 75.6 Å². The Hall–Kier alpha value is -1.52. The van der Waals surface area contributed by atoms with Crippen molar-refractivity contribution in [1.29, 1.82) is 0 Å². The maximum atomic E-state index is 12.2. The molecule has 0 spiro atoms. The van der Waals surface area contributed by atoms with Gasteiger partial charge in [0.05, 0.1) is 6.42 Å². The SMILES string of the molecule is CC(C)CCC[C@@H](C)[C@H]1CCC2C3CC=C4C[C@@H](OC(=O)NCCC(=O)O)CC[C@]4(C)C3CC[C@@]21C. The molecule has 0 aromatic rings. The largest absolute Gasteiger partial charge is 0.481 e. The van der Waals surface area contributed by atoms with E-state index >= 15 is 0 Å². The molecule has 4 rings (SSSR count). The standard InChI is InChI=1S/C31H51NO4/c1-20(2)7-6-8-21(3)25-11-12-26-24-10-9-22-19-23(36-29(35)32-18-15-28(33)34)13-16-30(22,4)27(24)14-17-31(25,26)5/h9,20-21,23-27H,6-8,10-19H2,1-5H3,(H,32,35)(H,33,34)/t21-,23+,24?,25-,26?,27?,30+,31-/m1/s1. The maximum Gasteiger partial charge on any atom is 0.407 e. The van der Waals surface area contributed by atoms with Gasteiger partial charge in [-0.25, -0.2) is 4.79 Å². The van der Waals surface area contributed by atoms with Crippen LogP contribution in [0.3, 0.4) is 0 Å². The van der Waals surface area contributed by atoms with E-state index in [1.165, 1.54) is 56.9 Å². The van der Waals surface area contributed by atoms with Gasteiger partial charge in [-0.2, -0.15) is 0 Å². The molecule has 0 aliphatic heterocycles. The zero-order valence-corrected chi connectivity index (χ0v) is 23.5. The normalized spacial score (nSPS) is 38.4. The average molecular weight is 502 g/mol. The molecule has 0 aromatic heterocycles. The summed E-state index contributed by atoms with van der Waals surface area (Å²) in [5.41, 5.74) is 2.26. The second kappa shape index (κ2) is 11.1. The summed E-state index contributed by atoms with van der Waals surface area (Å²) in [5, 5.41) is 11.4. The van der Waals surface area contributed by atoms with Crippen LogP contribution >= 0.6 is 0 Å². The van der Waals surface area contributed by atoms with Gasteiger partial charge in [0.1, 0.15) is 6.10 Å². The zero-order valence-electron chi connectivity index (χ0n) is 23.5. The maximum absolute atomic E-state index is 12.2. The van der Waals surface area contributed by atoms with Crippen LogP contribution in [0.25, 0.3) is 0 Å². The van der Waals surface area contributed by atoms with Gasteiger partial charge in [-0.1, -0.05) is 65.5 Å². The molecule has 5 heteroatoms. The smallest absolute Gasteiger partial charge is 0.407 e. The number of rotatable bonds is 9. The first-order valence-corrected chi connectivity index (χ1v) is 14.9. The lowest BCUT2D eigenvalue weighted by molar-refractivity contribution is -0.136. The molecule has 8 atom stereocenters. The van der Waals surface area contributed by atoms with Crippen molar-refractivity contribution in [3.8, 4) is 0 Å². The van der Waals surface area contributed by atoms with Crippen molar-refractivity contribution in [3.05, 3.63) is 11.6 Å². The average Bonchev–Trinajstić information content (AvgIpc) is 3.16. The summed E-state index contributed by atoms with van der Waals surface area (Å²) in [7, 11) is 0. The molecule has 3 fully saturated rings. The third-order valence-electron chi connectivity index (χ3n) is 11.1. The molecule has 2 N–H and O–H groups in total. The van der Waals surface area contributed by atoms with Crippen LogP contribution in [-0.2, 0) is 9.53 Å². The van der Waals surface area contributed by atoms with Crippen molar-refractivity contribution in [2.45, 2.75) is 118 Å². The van der Waals surface area contributed by atoms with Gasteiger partial charge in [-0.15, -0.1) is 0 Å². The van der Waals surface area contributed by atoms with Gasteiger partial charge >= 0.3 is 12.1 Å². The lowest BCUT2D eigenvalue weighted by atomic mass is 9.47. The van der Waals surface area contributed by atoms with Crippen LogP contribution < -0.4 is 5.32 Å². The van der Waals surface area contributed by atoms with E-state index in [1.807, 2.05) is 0 Å². The van der Waals surface area contributed by atoms with E-state index in [0.29, 0.717) is 5.41 Å². The number of fused-ring (bicyclic) bond motifs is 5. The van der Waals surface area contributed by atoms with Gasteiger partial charge in [-0.3, -0.25) is 4.79 Å². The lowest BCUT2D eigenvalue weighted by Crippen LogP contribution is -2.51. The van der Waals surface area contributed by atoms with E-state index in [0.717, 1.165) is 54.8 Å². The molecule has 1 amide bonds. The second-order valence-corrected chi connectivity index (χ2v) is 13.6. The molecule has 0 aromatic carbocycles. The lowest BCUT2D eigenvalue weighted by Gasteiger charge is -2.58. The van der Waals surface area contributed by atoms with Crippen LogP contribution in [0, 0.1) is 46.3 Å². The highest BCUT2D eigenvalue weighted by atomic mass is 16.6. The molecule has 0 saturated heterocycles. The molecule has 204 valence electrons. The summed E-state index contributed by atoms with van der Waals surface area (Å²) in [6.45, 7) is 12.5. The minimum atomic E-state index is -0.914. The zero-order chi connectivity index (χ0) is 26.1. The Bertz CT molecular complexity index is 836. The highest BCUT2D eigenvalue weighted by Gasteiger charge is 2.59. The van der Waals surface area contributed by atoms with Crippen LogP contribution in [0.4, 0.5) is 4.79 Å². The number of alkyl carbamates (subject to hydrolysis) is 1. The molecule has 3 unspecified atom stereocenters. The van der Waals surface area contributed by atoms with E-state index in [9.17, 15) is 9.59 Å². The Morgan fingerprint density at radius 3 is 2.58 bits per heavy atom. The van der Waals surface area contributed by atoms with Gasteiger partial charge < -0.3 is 15.2 Å². The highest BCUT2D eigenvalue weighted by Crippen LogP contribution is 2.67. The van der Waals surface area contributed by atoms with E-state index in [-0.39, 0.29) is 24.5 Å². The number of carbonyl (C=O) groups is 2. The molecule has 4 aliphatic carbocycles. The van der Waals surface area contributed by atoms with Gasteiger partial charge in [0.25, 0.3) is 0 Å². The van der Waals surface area contributed by atoms with E-state index in [1.54, 1.807) is 0 Å². The first-order chi connectivity index (χ1) is 17.0. The fourth-order valence-corrected chi connectivity index (χ4v) is 9.22. The number of aliphatic carboxylic acids is 1. The van der Waals surface area contributed by atoms with Crippen molar-refractivity contribution in [2.75, 3.05) is 6.54 Å². The first kappa shape index (κ1) is 27.5. The number of carboxylic acid groups (broad SMARTS) is 1. The Labute approximate surface area is 219 Å². The Morgan fingerprint density at radius 2 is 1.86 bits per heavy atom. The summed E-state index contributed by atoms with van der Waals surface area (Å²) in [5.74, 6) is 4.06. The molecular formula is C31H51NO4. The van der Waals surface area contributed by atoms with Crippen LogP contribution in [-0.4, -0.2) is 29.8 Å². The van der Waals surface area contributed by atoms with E-state index < -0.39 is 12.1 Å². The predicted octanol–water partition coefficient (Wildman–Crippen LogP) is 7.60. The minimum Gasteiger partial charge on any atom is -0.481 e. The summed E-state index contributed by atoms with van der Waals surface area (Å²) in [6.07, 6.45) is 15.6. The molecule has 36 heavy (non-hydrogen) atoms. The first-order valence-electron chi connectivity index (χ1n) is 14.9. The number of ether oxygens (including phenoxy) is 1. The molecule has 3 saturated carbocycles. The monoisotopic (exact) mass is 501 g/mol. The molecular weight excluding hydrogens is 450 g/mol. The summed E-state index contributed by atoms with van der Waals surface area (Å²) < 4.78 is 5.69. The van der Waals surface area contributed by atoms with Crippen LogP contribution in [0.15, 0.2) is 11.6 Å². The molecule has 0 heterocycles. The Morgan fingerprint density at radius 1 is 1.08 bits per heavy atom. The molecule has 5 nitrogen and oxygen atoms in total. The van der Waals surface area contributed by atoms with Crippen LogP contribution in [0.2, 0.25) is 0 Å². The van der Waals surface area contributed by atoms with Crippen molar-refractivity contribution in [3.63, 3.8) is 0 Å². The summed E-state index contributed by atoms with van der Waals surface area (Å²) >= 11 is 0. The number of carbonyl (C=O) groups excluding carboxylic acids is 1. The molecule has 4 aliphatic rings. The number of carboxylic acids is 1. The van der Waals surface area contributed by atoms with Crippen LogP contribution in [0.1, 0.15) is 112 Å². The summed E-state index contributed by atoms with van der Waals surface area (Å²) in [6, 6.07) is 0. The van der Waals surface area contributed by atoms with Crippen molar-refractivity contribution >= 4 is 12.1 Å². The minimum absolute atomic E-state index is 0.0796. The number of hydrogen-bond acceptors (Lipinski definition) is 3. The van der Waals surface area contributed by atoms with E-state index in [2.05, 4.69) is 46.0 Å². The van der Waals surface area contributed by atoms with Gasteiger partial charge in [-0.05, 0) is 91.3 Å². The fraction of sp³-hybridized carbons (Fsp3) is 0.871. The Balaban J connectivity index is 1.38. The quantitative estimate of drug-likeness (QED) is 0.319. The third kappa shape index (κ3) is 5.50. The molecule has 0 bridgehead atoms. The van der Waals surface area contributed by atoms with Gasteiger partial charge in [0.2, 0.25) is 0 Å². The van der Waals surface area contributed by atoms with Crippen LogP contribution in [0.5, 0.6) is 0 Å². The second-order valence-electron chi connectivity index (χ2n) is 13.6. The number of hydrogen-bond donors (Lipinski definition) is 2.